The molecule has 254 valence electrons. The summed E-state index contributed by atoms with van der Waals surface area (Å²) in [5.74, 6) is 4.75. The molecule has 3 aliphatic heterocycles. The highest BCUT2D eigenvalue weighted by Gasteiger charge is 2.53. The van der Waals surface area contributed by atoms with Crippen molar-refractivity contribution in [3.63, 3.8) is 0 Å². The maximum absolute atomic E-state index is 6.80. The summed E-state index contributed by atoms with van der Waals surface area (Å²) in [6, 6.07) is 54.0. The third kappa shape index (κ3) is 3.84. The molecule has 54 heavy (non-hydrogen) atoms. The summed E-state index contributed by atoms with van der Waals surface area (Å²) in [6.45, 7) is 0. The molecule has 1 spiro atoms. The summed E-state index contributed by atoms with van der Waals surface area (Å²) in [7, 11) is 0. The summed E-state index contributed by atoms with van der Waals surface area (Å²) >= 11 is 0. The van der Waals surface area contributed by atoms with Crippen molar-refractivity contribution in [1.29, 1.82) is 0 Å². The molecule has 0 N–H and O–H groups in total. The third-order valence-electron chi connectivity index (χ3n) is 11.0. The fraction of sp³-hybridized carbons (Fsp3) is 0.0213. The van der Waals surface area contributed by atoms with Gasteiger partial charge in [0, 0.05) is 28.6 Å². The zero-order chi connectivity index (χ0) is 35.4. The molecule has 1 unspecified atom stereocenters. The Balaban J connectivity index is 1.15. The predicted molar refractivity (Wildman–Crippen MR) is 209 cm³/mol. The van der Waals surface area contributed by atoms with E-state index >= 15 is 0 Å². The van der Waals surface area contributed by atoms with E-state index in [-0.39, 0.29) is 0 Å². The molecular formula is C47H28N4O3. The fourth-order valence-electron chi connectivity index (χ4n) is 8.81. The van der Waals surface area contributed by atoms with E-state index in [0.717, 1.165) is 102 Å². The highest BCUT2D eigenvalue weighted by Crippen LogP contribution is 2.63. The molecule has 0 bridgehead atoms. The molecule has 1 aliphatic carbocycles. The number of hydrogen-bond acceptors (Lipinski definition) is 7. The zero-order valence-electron chi connectivity index (χ0n) is 28.7. The van der Waals surface area contributed by atoms with Gasteiger partial charge in [-0.15, -0.1) is 0 Å². The fourth-order valence-corrected chi connectivity index (χ4v) is 8.81. The number of ether oxygens (including phenoxy) is 3. The molecule has 7 heteroatoms. The van der Waals surface area contributed by atoms with Crippen molar-refractivity contribution in [3.05, 3.63) is 192 Å². The second-order valence-corrected chi connectivity index (χ2v) is 13.8. The molecule has 4 aliphatic rings. The van der Waals surface area contributed by atoms with Crippen molar-refractivity contribution in [2.24, 2.45) is 0 Å². The van der Waals surface area contributed by atoms with E-state index in [1.54, 1.807) is 0 Å². The number of benzene rings is 6. The largest absolute Gasteiger partial charge is 0.457 e. The summed E-state index contributed by atoms with van der Waals surface area (Å²) in [4.78, 5) is 14.8. The first kappa shape index (κ1) is 29.2. The Labute approximate surface area is 310 Å². The lowest BCUT2D eigenvalue weighted by Crippen LogP contribution is -2.33. The van der Waals surface area contributed by atoms with Gasteiger partial charge in [0.15, 0.2) is 23.0 Å². The Bertz CT molecular complexity index is 2780. The minimum atomic E-state index is -0.807. The van der Waals surface area contributed by atoms with E-state index in [0.29, 0.717) is 0 Å². The molecule has 0 fully saturated rings. The van der Waals surface area contributed by atoms with E-state index < -0.39 is 5.41 Å². The van der Waals surface area contributed by atoms with Gasteiger partial charge in [0.2, 0.25) is 0 Å². The van der Waals surface area contributed by atoms with Gasteiger partial charge >= 0.3 is 0 Å². The highest BCUT2D eigenvalue weighted by atomic mass is 16.5. The standard InChI is InChI=1S/C47H28N4O3/c1-6-18-39-31(12-1)47(33-26-29(23-24-40(33)52-39)50-35-14-2-7-19-41(35)53-42-20-8-3-15-36(42)50)32-13-11-25-48-45(32)46-34(47)27-30(28-49-46)51-37-16-4-9-21-43(37)54-44-22-10-5-17-38(44)51/h1-28H. The Hall–Kier alpha value is -7.38. The van der Waals surface area contributed by atoms with Gasteiger partial charge in [-0.3, -0.25) is 9.97 Å². The van der Waals surface area contributed by atoms with Crippen LogP contribution in [0.2, 0.25) is 0 Å². The van der Waals surface area contributed by atoms with Crippen LogP contribution in [0.15, 0.2) is 170 Å². The van der Waals surface area contributed by atoms with Gasteiger partial charge in [-0.25, -0.2) is 0 Å². The quantitative estimate of drug-likeness (QED) is 0.178. The van der Waals surface area contributed by atoms with Crippen LogP contribution in [0.4, 0.5) is 34.1 Å². The monoisotopic (exact) mass is 696 g/mol. The first-order valence-corrected chi connectivity index (χ1v) is 18.0. The number of pyridine rings is 2. The molecule has 12 rings (SSSR count). The molecule has 2 aromatic heterocycles. The summed E-state index contributed by atoms with van der Waals surface area (Å²) < 4.78 is 19.6. The summed E-state index contributed by atoms with van der Waals surface area (Å²) in [5, 5.41) is 0. The Kier molecular flexibility index (Phi) is 5.86. The number of aromatic nitrogens is 2. The van der Waals surface area contributed by atoms with Gasteiger partial charge < -0.3 is 24.0 Å². The number of hydrogen-bond donors (Lipinski definition) is 0. The van der Waals surface area contributed by atoms with Gasteiger partial charge in [-0.1, -0.05) is 72.8 Å². The van der Waals surface area contributed by atoms with Crippen molar-refractivity contribution in [2.45, 2.75) is 5.41 Å². The van der Waals surface area contributed by atoms with Crippen molar-refractivity contribution < 1.29 is 14.2 Å². The molecule has 1 atom stereocenters. The maximum atomic E-state index is 6.80. The zero-order valence-corrected chi connectivity index (χ0v) is 28.7. The van der Waals surface area contributed by atoms with Crippen LogP contribution in [0, 0.1) is 0 Å². The third-order valence-corrected chi connectivity index (χ3v) is 11.0. The smallest absolute Gasteiger partial charge is 0.151 e. The molecule has 6 aromatic carbocycles. The lowest BCUT2D eigenvalue weighted by atomic mass is 9.66. The van der Waals surface area contributed by atoms with Crippen molar-refractivity contribution >= 4 is 34.1 Å². The molecule has 7 nitrogen and oxygen atoms in total. The van der Waals surface area contributed by atoms with E-state index in [1.807, 2.05) is 97.3 Å². The van der Waals surface area contributed by atoms with Crippen LogP contribution in [0.25, 0.3) is 11.4 Å². The second-order valence-electron chi connectivity index (χ2n) is 13.8. The average Bonchev–Trinajstić information content (AvgIpc) is 3.52. The molecule has 0 saturated heterocycles. The predicted octanol–water partition coefficient (Wildman–Crippen LogP) is 12.1. The van der Waals surface area contributed by atoms with E-state index in [1.165, 1.54) is 0 Å². The normalized spacial score (nSPS) is 16.2. The van der Waals surface area contributed by atoms with Crippen LogP contribution in [0.1, 0.15) is 22.3 Å². The first-order chi connectivity index (χ1) is 26.8. The van der Waals surface area contributed by atoms with Gasteiger partial charge in [-0.05, 0) is 90.5 Å². The molecular weight excluding hydrogens is 669 g/mol. The van der Waals surface area contributed by atoms with Crippen LogP contribution >= 0.6 is 0 Å². The number of fused-ring (bicyclic) bond motifs is 13. The second kappa shape index (κ2) is 10.8. The van der Waals surface area contributed by atoms with Crippen molar-refractivity contribution in [2.75, 3.05) is 9.80 Å². The van der Waals surface area contributed by atoms with Gasteiger partial charge in [0.1, 0.15) is 11.5 Å². The van der Waals surface area contributed by atoms with Crippen LogP contribution in [0.3, 0.4) is 0 Å². The van der Waals surface area contributed by atoms with Crippen LogP contribution < -0.4 is 24.0 Å². The Morgan fingerprint density at radius 3 is 1.46 bits per heavy atom. The van der Waals surface area contributed by atoms with Crippen molar-refractivity contribution in [1.82, 2.24) is 9.97 Å². The van der Waals surface area contributed by atoms with Crippen LogP contribution in [-0.2, 0) is 5.41 Å². The van der Waals surface area contributed by atoms with Gasteiger partial charge in [0.25, 0.3) is 0 Å². The van der Waals surface area contributed by atoms with E-state index in [2.05, 4.69) is 82.6 Å². The Morgan fingerprint density at radius 1 is 0.370 bits per heavy atom. The summed E-state index contributed by atoms with van der Waals surface area (Å²) in [6.07, 6.45) is 3.81. The average molecular weight is 697 g/mol. The molecule has 0 saturated carbocycles. The highest BCUT2D eigenvalue weighted by molar-refractivity contribution is 5.92. The number of para-hydroxylation sites is 9. The number of anilines is 6. The molecule has 0 amide bonds. The van der Waals surface area contributed by atoms with E-state index in [9.17, 15) is 0 Å². The van der Waals surface area contributed by atoms with Gasteiger partial charge in [0.05, 0.1) is 51.4 Å². The maximum Gasteiger partial charge on any atom is 0.151 e. The lowest BCUT2D eigenvalue weighted by molar-refractivity contribution is 0.436. The topological polar surface area (TPSA) is 60.0 Å². The molecule has 0 radical (unpaired) electrons. The first-order valence-electron chi connectivity index (χ1n) is 18.0. The van der Waals surface area contributed by atoms with Crippen LogP contribution in [-0.4, -0.2) is 9.97 Å². The lowest BCUT2D eigenvalue weighted by Gasteiger charge is -2.40. The Morgan fingerprint density at radius 2 is 0.833 bits per heavy atom. The van der Waals surface area contributed by atoms with E-state index in [4.69, 9.17) is 24.2 Å². The number of nitrogens with zero attached hydrogens (tertiary/aromatic N) is 4. The SMILES string of the molecule is c1ccc2c(c1)Oc1ccccc1N2c1ccc2c(c1)C1(c3ccccc3O2)c2cccnc2-c2ncc(N3c4ccccc4Oc4ccccc43)cc21. The number of rotatable bonds is 2. The summed E-state index contributed by atoms with van der Waals surface area (Å²) in [5.41, 5.74) is 10.8. The molecule has 8 aromatic rings. The van der Waals surface area contributed by atoms with Crippen LogP contribution in [0.5, 0.6) is 34.5 Å². The minimum absolute atomic E-state index is 0.780. The van der Waals surface area contributed by atoms with Crippen molar-refractivity contribution in [3.8, 4) is 45.9 Å². The molecule has 5 heterocycles. The van der Waals surface area contributed by atoms with Gasteiger partial charge in [-0.2, -0.15) is 0 Å². The minimum Gasteiger partial charge on any atom is -0.457 e.